The van der Waals surface area contributed by atoms with E-state index in [4.69, 9.17) is 18.9 Å². The monoisotopic (exact) mass is 686 g/mol. The molecule has 0 aliphatic rings. The van der Waals surface area contributed by atoms with Crippen molar-refractivity contribution in [1.29, 1.82) is 0 Å². The maximum Gasteiger partial charge on any atom is 0.124 e. The van der Waals surface area contributed by atoms with Gasteiger partial charge >= 0.3 is 0 Å². The molecule has 0 fully saturated rings. The Hall–Kier alpha value is -3.06. The van der Waals surface area contributed by atoms with Gasteiger partial charge in [0.25, 0.3) is 0 Å². The summed E-state index contributed by atoms with van der Waals surface area (Å²) in [6.45, 7) is 24.8. The number of hydrogen-bond acceptors (Lipinski definition) is 4. The van der Waals surface area contributed by atoms with Gasteiger partial charge in [-0.05, 0) is 203 Å². The van der Waals surface area contributed by atoms with Crippen LogP contribution in [-0.4, -0.2) is 39.8 Å². The summed E-state index contributed by atoms with van der Waals surface area (Å²) >= 11 is 0. The first-order valence-corrected chi connectivity index (χ1v) is 19.7. The first-order chi connectivity index (χ1) is 22.7. The summed E-state index contributed by atoms with van der Waals surface area (Å²) in [5.74, 6) is 4.30. The van der Waals surface area contributed by atoms with Gasteiger partial charge in [0.1, 0.15) is 23.0 Å². The van der Waals surface area contributed by atoms with Crippen LogP contribution in [0.1, 0.15) is 65.3 Å². The van der Waals surface area contributed by atoms with Gasteiger partial charge in [-0.25, -0.2) is 0 Å². The smallest absolute Gasteiger partial charge is 0.124 e. The third kappa shape index (κ3) is 7.41. The van der Waals surface area contributed by atoms with E-state index in [1.54, 1.807) is 28.4 Å². The minimum atomic E-state index is -0.727. The summed E-state index contributed by atoms with van der Waals surface area (Å²) in [4.78, 5) is 0. The van der Waals surface area contributed by atoms with E-state index in [9.17, 15) is 0 Å². The van der Waals surface area contributed by atoms with Crippen LogP contribution < -0.4 is 40.2 Å². The quantitative estimate of drug-likeness (QED) is 0.139. The lowest BCUT2D eigenvalue weighted by Crippen LogP contribution is -2.34. The van der Waals surface area contributed by atoms with Gasteiger partial charge in [-0.2, -0.15) is 0 Å². The lowest BCUT2D eigenvalue weighted by molar-refractivity contribution is 0.408. The van der Waals surface area contributed by atoms with Gasteiger partial charge < -0.3 is 18.9 Å². The molecule has 0 aliphatic carbocycles. The van der Waals surface area contributed by atoms with Crippen molar-refractivity contribution in [1.82, 2.24) is 0 Å². The molecule has 4 nitrogen and oxygen atoms in total. The van der Waals surface area contributed by atoms with E-state index in [-0.39, 0.29) is 0 Å². The Balaban J connectivity index is 1.92. The summed E-state index contributed by atoms with van der Waals surface area (Å²) in [5, 5.41) is 5.58. The van der Waals surface area contributed by atoms with E-state index >= 15 is 0 Å². The highest BCUT2D eigenvalue weighted by molar-refractivity contribution is 7.74. The van der Waals surface area contributed by atoms with Gasteiger partial charge in [-0.1, -0.05) is 20.8 Å². The molecule has 0 amide bonds. The highest BCUT2D eigenvalue weighted by Gasteiger charge is 2.35. The van der Waals surface area contributed by atoms with Crippen LogP contribution in [0.2, 0.25) is 0 Å². The average molecular weight is 687 g/mol. The van der Waals surface area contributed by atoms with Crippen LogP contribution in [0.5, 0.6) is 23.0 Å². The number of benzene rings is 4. The van der Waals surface area contributed by atoms with Crippen molar-refractivity contribution in [2.75, 3.05) is 28.4 Å². The summed E-state index contributed by atoms with van der Waals surface area (Å²) in [7, 11) is 5.63. The van der Waals surface area contributed by atoms with Gasteiger partial charge in [-0.3, -0.25) is 0 Å². The Kier molecular flexibility index (Phi) is 12.3. The Labute approximate surface area is 293 Å². The minimum Gasteiger partial charge on any atom is -0.496 e. The fourth-order valence-electron chi connectivity index (χ4n) is 7.67. The summed E-state index contributed by atoms with van der Waals surface area (Å²) in [6, 6.07) is 19.0. The Morgan fingerprint density at radius 2 is 0.521 bits per heavy atom. The molecule has 4 aromatic carbocycles. The van der Waals surface area contributed by atoms with Crippen LogP contribution >= 0.6 is 15.8 Å². The Morgan fingerprint density at radius 3 is 0.667 bits per heavy atom. The molecule has 0 N–H and O–H groups in total. The molecule has 6 heteroatoms. The molecule has 48 heavy (non-hydrogen) atoms. The lowest BCUT2D eigenvalue weighted by atomic mass is 10.1. The number of rotatable bonds is 12. The highest BCUT2D eigenvalue weighted by atomic mass is 31.1. The van der Waals surface area contributed by atoms with Crippen molar-refractivity contribution in [3.63, 3.8) is 0 Å². The normalized spacial score (nSPS) is 13.4. The third-order valence-electron chi connectivity index (χ3n) is 10.0. The van der Waals surface area contributed by atoms with Gasteiger partial charge in [0.15, 0.2) is 0 Å². The van der Waals surface area contributed by atoms with Crippen LogP contribution in [0, 0.1) is 61.3 Å². The third-order valence-corrected chi connectivity index (χ3v) is 15.9. The molecule has 0 saturated carbocycles. The van der Waals surface area contributed by atoms with Crippen LogP contribution in [0.4, 0.5) is 0 Å². The van der Waals surface area contributed by atoms with E-state index in [0.29, 0.717) is 17.2 Å². The summed E-state index contributed by atoms with van der Waals surface area (Å²) < 4.78 is 23.2. The zero-order valence-corrected chi connectivity index (χ0v) is 33.7. The van der Waals surface area contributed by atoms with Crippen molar-refractivity contribution >= 4 is 37.1 Å². The van der Waals surface area contributed by atoms with Crippen molar-refractivity contribution < 1.29 is 18.9 Å². The second-order valence-electron chi connectivity index (χ2n) is 13.5. The zero-order valence-electron chi connectivity index (χ0n) is 31.9. The standard InChI is InChI=1S/C42H56O4P2/c1-24-16-35(17-25(2)39(24)43-12)47(36-18-26(3)40(44-13)27(4)19-36)33(10)32(9)34(11)48(37-20-28(5)41(45-14)29(6)21-37)38-22-30(7)42(46-15)31(8)23-38/h16-23,32-34H,1-15H3. The molecule has 0 aromatic heterocycles. The molecule has 0 bridgehead atoms. The molecular weight excluding hydrogens is 630 g/mol. The Bertz CT molecular complexity index is 1440. The molecule has 0 radical (unpaired) electrons. The predicted octanol–water partition coefficient (Wildman–Crippen LogP) is 9.17. The zero-order chi connectivity index (χ0) is 35.6. The molecule has 4 aromatic rings. The van der Waals surface area contributed by atoms with Crippen LogP contribution in [0.25, 0.3) is 0 Å². The van der Waals surface area contributed by atoms with Gasteiger partial charge in [0.05, 0.1) is 28.4 Å². The molecule has 0 spiro atoms. The molecule has 2 atom stereocenters. The summed E-state index contributed by atoms with van der Waals surface area (Å²) in [6.07, 6.45) is 0. The molecular formula is C42H56O4P2. The minimum absolute atomic E-state index is 0.389. The van der Waals surface area contributed by atoms with E-state index in [1.165, 1.54) is 65.7 Å². The number of methoxy groups -OCH3 is 4. The maximum atomic E-state index is 5.81. The van der Waals surface area contributed by atoms with Crippen LogP contribution in [0.15, 0.2) is 48.5 Å². The van der Waals surface area contributed by atoms with Crippen LogP contribution in [0.3, 0.4) is 0 Å². The maximum absolute atomic E-state index is 5.81. The lowest BCUT2D eigenvalue weighted by Gasteiger charge is -2.38. The van der Waals surface area contributed by atoms with Gasteiger partial charge in [0.2, 0.25) is 0 Å². The second-order valence-corrected chi connectivity index (χ2v) is 18.7. The van der Waals surface area contributed by atoms with E-state index in [0.717, 1.165) is 23.0 Å². The first kappa shape index (κ1) is 37.8. The fraction of sp³-hybridized carbons (Fsp3) is 0.429. The molecule has 0 heterocycles. The number of aryl methyl sites for hydroxylation is 8. The fourth-order valence-corrected chi connectivity index (χ4v) is 14.4. The Morgan fingerprint density at radius 1 is 0.354 bits per heavy atom. The average Bonchev–Trinajstić information content (AvgIpc) is 3.00. The molecule has 258 valence electrons. The van der Waals surface area contributed by atoms with Gasteiger partial charge in [0, 0.05) is 0 Å². The van der Waals surface area contributed by atoms with Crippen molar-refractivity contribution in [3.8, 4) is 23.0 Å². The highest BCUT2D eigenvalue weighted by Crippen LogP contribution is 2.52. The first-order valence-electron chi connectivity index (χ1n) is 16.9. The molecule has 4 rings (SSSR count). The topological polar surface area (TPSA) is 36.9 Å². The molecule has 0 saturated heterocycles. The number of hydrogen-bond donors (Lipinski definition) is 0. The predicted molar refractivity (Wildman–Crippen MR) is 210 cm³/mol. The van der Waals surface area contributed by atoms with E-state index in [2.05, 4.69) is 125 Å². The summed E-state index contributed by atoms with van der Waals surface area (Å²) in [5.41, 5.74) is 10.3. The SMILES string of the molecule is COc1c(C)cc(P(c2cc(C)c(OC)c(C)c2)C(C)C(C)C(C)P(c2cc(C)c(OC)c(C)c2)c2cc(C)c(OC)c(C)c2)cc1C. The second kappa shape index (κ2) is 15.7. The van der Waals surface area contributed by atoms with Crippen molar-refractivity contribution in [2.24, 2.45) is 5.92 Å². The van der Waals surface area contributed by atoms with Crippen molar-refractivity contribution in [3.05, 3.63) is 93.0 Å². The van der Waals surface area contributed by atoms with E-state index in [1.807, 2.05) is 0 Å². The van der Waals surface area contributed by atoms with Gasteiger partial charge in [-0.15, -0.1) is 0 Å². The van der Waals surface area contributed by atoms with Crippen LogP contribution in [-0.2, 0) is 0 Å². The molecule has 0 aliphatic heterocycles. The van der Waals surface area contributed by atoms with E-state index < -0.39 is 15.8 Å². The largest absolute Gasteiger partial charge is 0.496 e. The molecule has 2 unspecified atom stereocenters. The van der Waals surface area contributed by atoms with Crippen molar-refractivity contribution in [2.45, 2.75) is 87.5 Å². The number of ether oxygens (including phenoxy) is 4.